The number of amides is 1. The number of pyridine rings is 1. The fourth-order valence-corrected chi connectivity index (χ4v) is 4.34. The van der Waals surface area contributed by atoms with Gasteiger partial charge < -0.3 is 14.5 Å². The van der Waals surface area contributed by atoms with Gasteiger partial charge in [0.15, 0.2) is 0 Å². The number of hydrogen-bond donors (Lipinski definition) is 0. The van der Waals surface area contributed by atoms with Gasteiger partial charge in [-0.25, -0.2) is 4.98 Å². The van der Waals surface area contributed by atoms with Crippen LogP contribution in [0.4, 0.5) is 5.82 Å². The Bertz CT molecular complexity index is 907. The minimum Gasteiger partial charge on any atom is -0.497 e. The molecule has 6 heteroatoms. The van der Waals surface area contributed by atoms with Crippen LogP contribution < -0.4 is 9.64 Å². The zero-order chi connectivity index (χ0) is 19.5. The molecule has 4 rings (SSSR count). The minimum absolute atomic E-state index is 0.212. The topological polar surface area (TPSA) is 69.5 Å². The SMILES string of the molecule is COc1ccc2nc(N3CCN(C(=O)C4CCCCC4)CC3)c(C#N)cc2c1. The summed E-state index contributed by atoms with van der Waals surface area (Å²) in [7, 11) is 1.63. The van der Waals surface area contributed by atoms with Gasteiger partial charge in [-0.15, -0.1) is 0 Å². The van der Waals surface area contributed by atoms with Gasteiger partial charge in [0.05, 0.1) is 18.2 Å². The highest BCUT2D eigenvalue weighted by Gasteiger charge is 2.29. The molecule has 0 unspecified atom stereocenters. The van der Waals surface area contributed by atoms with Crippen molar-refractivity contribution in [2.45, 2.75) is 32.1 Å². The van der Waals surface area contributed by atoms with Gasteiger partial charge in [-0.05, 0) is 37.1 Å². The number of rotatable bonds is 3. The van der Waals surface area contributed by atoms with Crippen molar-refractivity contribution in [3.05, 3.63) is 29.8 Å². The second kappa shape index (κ2) is 8.05. The highest BCUT2D eigenvalue weighted by molar-refractivity contribution is 5.84. The lowest BCUT2D eigenvalue weighted by Gasteiger charge is -2.38. The molecule has 0 N–H and O–H groups in total. The highest BCUT2D eigenvalue weighted by Crippen LogP contribution is 2.28. The van der Waals surface area contributed by atoms with Crippen LogP contribution >= 0.6 is 0 Å². The van der Waals surface area contributed by atoms with Crippen LogP contribution in [0.25, 0.3) is 10.9 Å². The monoisotopic (exact) mass is 378 g/mol. The number of benzene rings is 1. The first-order chi connectivity index (χ1) is 13.7. The molecule has 2 aromatic rings. The Morgan fingerprint density at radius 3 is 2.57 bits per heavy atom. The van der Waals surface area contributed by atoms with Gasteiger partial charge in [-0.2, -0.15) is 5.26 Å². The molecule has 1 aliphatic carbocycles. The van der Waals surface area contributed by atoms with E-state index in [1.807, 2.05) is 29.2 Å². The lowest BCUT2D eigenvalue weighted by molar-refractivity contribution is -0.136. The standard InChI is InChI=1S/C22H26N4O2/c1-28-19-7-8-20-17(14-19)13-18(15-23)21(24-20)25-9-11-26(12-10-25)22(27)16-5-3-2-4-6-16/h7-8,13-14,16H,2-6,9-12H2,1H3. The number of piperazine rings is 1. The van der Waals surface area contributed by atoms with E-state index in [-0.39, 0.29) is 5.92 Å². The number of carbonyl (C=O) groups is 1. The summed E-state index contributed by atoms with van der Waals surface area (Å²) in [4.78, 5) is 21.7. The van der Waals surface area contributed by atoms with Crippen LogP contribution in [0.3, 0.4) is 0 Å². The Kier molecular flexibility index (Phi) is 5.34. The minimum atomic E-state index is 0.212. The summed E-state index contributed by atoms with van der Waals surface area (Å²) in [5, 5.41) is 10.5. The van der Waals surface area contributed by atoms with Crippen molar-refractivity contribution >= 4 is 22.6 Å². The van der Waals surface area contributed by atoms with E-state index < -0.39 is 0 Å². The molecule has 1 amide bonds. The van der Waals surface area contributed by atoms with Crippen LogP contribution in [0.15, 0.2) is 24.3 Å². The van der Waals surface area contributed by atoms with Crippen molar-refractivity contribution in [1.82, 2.24) is 9.88 Å². The van der Waals surface area contributed by atoms with E-state index in [0.29, 0.717) is 43.5 Å². The molecule has 28 heavy (non-hydrogen) atoms. The van der Waals surface area contributed by atoms with Crippen molar-refractivity contribution in [2.75, 3.05) is 38.2 Å². The molecule has 1 saturated heterocycles. The molecule has 2 heterocycles. The maximum atomic E-state index is 12.8. The average Bonchev–Trinajstić information content (AvgIpc) is 2.78. The van der Waals surface area contributed by atoms with Crippen LogP contribution in [0.2, 0.25) is 0 Å². The normalized spacial score (nSPS) is 18.1. The van der Waals surface area contributed by atoms with Crippen LogP contribution in [0.1, 0.15) is 37.7 Å². The highest BCUT2D eigenvalue weighted by atomic mass is 16.5. The fourth-order valence-electron chi connectivity index (χ4n) is 4.34. The van der Waals surface area contributed by atoms with E-state index in [0.717, 1.165) is 29.5 Å². The molecular weight excluding hydrogens is 352 g/mol. The van der Waals surface area contributed by atoms with Crippen molar-refractivity contribution in [1.29, 1.82) is 5.26 Å². The zero-order valence-corrected chi connectivity index (χ0v) is 16.4. The second-order valence-corrected chi connectivity index (χ2v) is 7.68. The number of hydrogen-bond acceptors (Lipinski definition) is 5. The maximum Gasteiger partial charge on any atom is 0.225 e. The molecule has 1 aromatic carbocycles. The van der Waals surface area contributed by atoms with Gasteiger partial charge in [0.1, 0.15) is 17.6 Å². The number of fused-ring (bicyclic) bond motifs is 1. The molecule has 6 nitrogen and oxygen atoms in total. The number of aromatic nitrogens is 1. The van der Waals surface area contributed by atoms with Crippen LogP contribution in [-0.2, 0) is 4.79 Å². The molecule has 2 fully saturated rings. The third-order valence-corrected chi connectivity index (χ3v) is 5.97. The number of nitrogens with zero attached hydrogens (tertiary/aromatic N) is 4. The first kappa shape index (κ1) is 18.5. The van der Waals surface area contributed by atoms with Gasteiger partial charge in [0, 0.05) is 37.5 Å². The number of carbonyl (C=O) groups excluding carboxylic acids is 1. The van der Waals surface area contributed by atoms with E-state index in [2.05, 4.69) is 11.0 Å². The van der Waals surface area contributed by atoms with Gasteiger partial charge in [0.25, 0.3) is 0 Å². The Morgan fingerprint density at radius 1 is 1.14 bits per heavy atom. The average molecular weight is 378 g/mol. The first-order valence-corrected chi connectivity index (χ1v) is 10.1. The molecule has 1 aromatic heterocycles. The van der Waals surface area contributed by atoms with Gasteiger partial charge in [0.2, 0.25) is 5.91 Å². The second-order valence-electron chi connectivity index (χ2n) is 7.68. The van der Waals surface area contributed by atoms with Crippen LogP contribution in [-0.4, -0.2) is 49.1 Å². The molecule has 0 radical (unpaired) electrons. The van der Waals surface area contributed by atoms with E-state index in [9.17, 15) is 10.1 Å². The van der Waals surface area contributed by atoms with Gasteiger partial charge >= 0.3 is 0 Å². The molecule has 0 spiro atoms. The number of anilines is 1. The third-order valence-electron chi connectivity index (χ3n) is 5.97. The van der Waals surface area contributed by atoms with E-state index in [1.165, 1.54) is 19.3 Å². The maximum absolute atomic E-state index is 12.8. The van der Waals surface area contributed by atoms with Crippen LogP contribution in [0, 0.1) is 17.2 Å². The number of ether oxygens (including phenoxy) is 1. The predicted molar refractivity (Wildman–Crippen MR) is 108 cm³/mol. The number of nitriles is 1. The predicted octanol–water partition coefficient (Wildman–Crippen LogP) is 3.34. The Balaban J connectivity index is 1.50. The Morgan fingerprint density at radius 2 is 1.89 bits per heavy atom. The van der Waals surface area contributed by atoms with E-state index in [4.69, 9.17) is 9.72 Å². The van der Waals surface area contributed by atoms with E-state index in [1.54, 1.807) is 7.11 Å². The fraction of sp³-hybridized carbons (Fsp3) is 0.500. The molecule has 0 bridgehead atoms. The molecule has 2 aliphatic rings. The Hall–Kier alpha value is -2.81. The molecule has 0 atom stereocenters. The van der Waals surface area contributed by atoms with Crippen molar-refractivity contribution < 1.29 is 9.53 Å². The summed E-state index contributed by atoms with van der Waals surface area (Å²) in [6.07, 6.45) is 5.68. The zero-order valence-electron chi connectivity index (χ0n) is 16.4. The van der Waals surface area contributed by atoms with Gasteiger partial charge in [-0.1, -0.05) is 19.3 Å². The summed E-state index contributed by atoms with van der Waals surface area (Å²) in [5.74, 6) is 1.99. The summed E-state index contributed by atoms with van der Waals surface area (Å²) >= 11 is 0. The lowest BCUT2D eigenvalue weighted by atomic mass is 9.88. The molecule has 1 aliphatic heterocycles. The summed E-state index contributed by atoms with van der Waals surface area (Å²) in [6, 6.07) is 9.85. The smallest absolute Gasteiger partial charge is 0.225 e. The Labute approximate surface area is 165 Å². The lowest BCUT2D eigenvalue weighted by Crippen LogP contribution is -2.51. The van der Waals surface area contributed by atoms with Crippen LogP contribution in [0.5, 0.6) is 5.75 Å². The summed E-state index contributed by atoms with van der Waals surface area (Å²) in [6.45, 7) is 2.81. The van der Waals surface area contributed by atoms with Gasteiger partial charge in [-0.3, -0.25) is 4.79 Å². The third kappa shape index (κ3) is 3.62. The number of methoxy groups -OCH3 is 1. The molecule has 146 valence electrons. The largest absolute Gasteiger partial charge is 0.497 e. The molecular formula is C22H26N4O2. The van der Waals surface area contributed by atoms with E-state index >= 15 is 0 Å². The first-order valence-electron chi connectivity index (χ1n) is 10.1. The summed E-state index contributed by atoms with van der Waals surface area (Å²) < 4.78 is 5.27. The summed E-state index contributed by atoms with van der Waals surface area (Å²) in [5.41, 5.74) is 1.41. The van der Waals surface area contributed by atoms with Crippen molar-refractivity contribution in [3.63, 3.8) is 0 Å². The van der Waals surface area contributed by atoms with Crippen molar-refractivity contribution in [3.8, 4) is 11.8 Å². The molecule has 1 saturated carbocycles. The quantitative estimate of drug-likeness (QED) is 0.819. The van der Waals surface area contributed by atoms with Crippen molar-refractivity contribution in [2.24, 2.45) is 5.92 Å².